The molecule has 0 aliphatic rings. The Kier molecular flexibility index (Phi) is 3.41. The van der Waals surface area contributed by atoms with E-state index in [1.165, 1.54) is 12.3 Å². The summed E-state index contributed by atoms with van der Waals surface area (Å²) in [6.07, 6.45) is 0.669. The van der Waals surface area contributed by atoms with Crippen LogP contribution in [0.25, 0.3) is 0 Å². The van der Waals surface area contributed by atoms with Gasteiger partial charge in [0, 0.05) is 6.20 Å². The molecule has 14 heavy (non-hydrogen) atoms. The molecule has 1 rings (SSSR count). The number of aliphatic carboxylic acids is 1. The van der Waals surface area contributed by atoms with Crippen LogP contribution in [-0.4, -0.2) is 22.0 Å². The standard InChI is InChI=1S/C8H6ClNO4/c9-5-2-1-3-10-8(5)14-7(13)4-6(11)12/h1-3H,4H2,(H,11,12). The largest absolute Gasteiger partial charge is 0.481 e. The predicted octanol–water partition coefficient (Wildman–Crippen LogP) is 1.12. The van der Waals surface area contributed by atoms with E-state index in [1.54, 1.807) is 6.07 Å². The molecule has 1 aromatic rings. The summed E-state index contributed by atoms with van der Waals surface area (Å²) in [5, 5.41) is 8.44. The Hall–Kier alpha value is -1.62. The fourth-order valence-corrected chi connectivity index (χ4v) is 0.874. The molecule has 1 heterocycles. The number of ether oxygens (including phenoxy) is 1. The zero-order valence-corrected chi connectivity index (χ0v) is 7.69. The van der Waals surface area contributed by atoms with E-state index in [1.807, 2.05) is 0 Å². The number of esters is 1. The summed E-state index contributed by atoms with van der Waals surface area (Å²) < 4.78 is 4.59. The van der Waals surface area contributed by atoms with Gasteiger partial charge in [-0.05, 0) is 12.1 Å². The van der Waals surface area contributed by atoms with Crippen LogP contribution in [0.4, 0.5) is 0 Å². The molecular formula is C8H6ClNO4. The third kappa shape index (κ3) is 3.02. The second-order valence-electron chi connectivity index (χ2n) is 2.33. The summed E-state index contributed by atoms with van der Waals surface area (Å²) >= 11 is 5.62. The van der Waals surface area contributed by atoms with Crippen molar-refractivity contribution in [1.82, 2.24) is 4.98 Å². The third-order valence-electron chi connectivity index (χ3n) is 1.23. The second-order valence-corrected chi connectivity index (χ2v) is 2.74. The monoisotopic (exact) mass is 215 g/mol. The summed E-state index contributed by atoms with van der Waals surface area (Å²) in [4.78, 5) is 24.7. The van der Waals surface area contributed by atoms with Gasteiger partial charge in [0.2, 0.25) is 5.88 Å². The fourth-order valence-electron chi connectivity index (χ4n) is 0.714. The molecule has 0 unspecified atom stereocenters. The lowest BCUT2D eigenvalue weighted by atomic mass is 10.4. The summed E-state index contributed by atoms with van der Waals surface area (Å²) in [5.74, 6) is -2.25. The van der Waals surface area contributed by atoms with Crippen molar-refractivity contribution in [3.8, 4) is 5.88 Å². The first kappa shape index (κ1) is 10.5. The predicted molar refractivity (Wildman–Crippen MR) is 47.1 cm³/mol. The first-order valence-corrected chi connectivity index (χ1v) is 4.00. The van der Waals surface area contributed by atoms with Gasteiger partial charge in [-0.1, -0.05) is 11.6 Å². The highest BCUT2D eigenvalue weighted by Crippen LogP contribution is 2.20. The smallest absolute Gasteiger partial charge is 0.323 e. The molecule has 0 aliphatic carbocycles. The van der Waals surface area contributed by atoms with Crippen LogP contribution >= 0.6 is 11.6 Å². The van der Waals surface area contributed by atoms with E-state index in [0.717, 1.165) is 0 Å². The molecule has 0 saturated carbocycles. The van der Waals surface area contributed by atoms with Gasteiger partial charge in [-0.25, -0.2) is 4.98 Å². The number of aromatic nitrogens is 1. The number of hydrogen-bond acceptors (Lipinski definition) is 4. The van der Waals surface area contributed by atoms with Gasteiger partial charge < -0.3 is 9.84 Å². The molecule has 1 aromatic heterocycles. The Labute approximate surface area is 84.3 Å². The minimum Gasteiger partial charge on any atom is -0.481 e. The van der Waals surface area contributed by atoms with Crippen LogP contribution in [0.2, 0.25) is 5.02 Å². The topological polar surface area (TPSA) is 76.5 Å². The van der Waals surface area contributed by atoms with Gasteiger partial charge in [0.1, 0.15) is 11.4 Å². The van der Waals surface area contributed by atoms with Crippen molar-refractivity contribution >= 4 is 23.5 Å². The van der Waals surface area contributed by atoms with Crippen LogP contribution in [0.15, 0.2) is 18.3 Å². The van der Waals surface area contributed by atoms with E-state index in [0.29, 0.717) is 0 Å². The SMILES string of the molecule is O=C(O)CC(=O)Oc1ncccc1Cl. The molecule has 0 atom stereocenters. The molecular weight excluding hydrogens is 210 g/mol. The highest BCUT2D eigenvalue weighted by molar-refractivity contribution is 6.31. The van der Waals surface area contributed by atoms with Gasteiger partial charge in [0.15, 0.2) is 0 Å². The van der Waals surface area contributed by atoms with E-state index in [4.69, 9.17) is 16.7 Å². The zero-order valence-electron chi connectivity index (χ0n) is 6.94. The lowest BCUT2D eigenvalue weighted by Gasteiger charge is -2.01. The highest BCUT2D eigenvalue weighted by Gasteiger charge is 2.12. The molecule has 74 valence electrons. The van der Waals surface area contributed by atoms with Crippen molar-refractivity contribution < 1.29 is 19.4 Å². The van der Waals surface area contributed by atoms with Crippen LogP contribution in [0.3, 0.4) is 0 Å². The van der Waals surface area contributed by atoms with E-state index in [9.17, 15) is 9.59 Å². The van der Waals surface area contributed by atoms with Gasteiger partial charge in [-0.2, -0.15) is 0 Å². The van der Waals surface area contributed by atoms with Crippen molar-refractivity contribution in [2.45, 2.75) is 6.42 Å². The van der Waals surface area contributed by atoms with Crippen LogP contribution in [-0.2, 0) is 9.59 Å². The fraction of sp³-hybridized carbons (Fsp3) is 0.125. The maximum Gasteiger partial charge on any atom is 0.323 e. The van der Waals surface area contributed by atoms with E-state index in [-0.39, 0.29) is 10.9 Å². The molecule has 0 bridgehead atoms. The lowest BCUT2D eigenvalue weighted by molar-refractivity contribution is -0.145. The summed E-state index contributed by atoms with van der Waals surface area (Å²) in [7, 11) is 0. The molecule has 0 radical (unpaired) electrons. The van der Waals surface area contributed by atoms with Crippen molar-refractivity contribution in [2.75, 3.05) is 0 Å². The molecule has 0 amide bonds. The van der Waals surface area contributed by atoms with Gasteiger partial charge >= 0.3 is 11.9 Å². The Balaban J connectivity index is 2.65. The molecule has 0 spiro atoms. The average molecular weight is 216 g/mol. The number of carboxylic acids is 1. The van der Waals surface area contributed by atoms with Crippen LogP contribution in [0.5, 0.6) is 5.88 Å². The van der Waals surface area contributed by atoms with Crippen LogP contribution in [0, 0.1) is 0 Å². The van der Waals surface area contributed by atoms with Crippen molar-refractivity contribution in [3.05, 3.63) is 23.4 Å². The number of nitrogens with zero attached hydrogens (tertiary/aromatic N) is 1. The average Bonchev–Trinajstić information content (AvgIpc) is 2.07. The quantitative estimate of drug-likeness (QED) is 0.604. The van der Waals surface area contributed by atoms with Gasteiger partial charge in [-0.15, -0.1) is 0 Å². The number of halogens is 1. The van der Waals surface area contributed by atoms with Crippen LogP contribution < -0.4 is 4.74 Å². The maximum absolute atomic E-state index is 10.9. The Morgan fingerprint density at radius 2 is 2.29 bits per heavy atom. The summed E-state index contributed by atoms with van der Waals surface area (Å²) in [6.45, 7) is 0. The lowest BCUT2D eigenvalue weighted by Crippen LogP contribution is -2.14. The minimum atomic E-state index is -1.26. The molecule has 0 saturated heterocycles. The molecule has 1 N–H and O–H groups in total. The second kappa shape index (κ2) is 4.57. The molecule has 0 aliphatic heterocycles. The van der Waals surface area contributed by atoms with Gasteiger partial charge in [0.25, 0.3) is 0 Å². The first-order chi connectivity index (χ1) is 6.59. The van der Waals surface area contributed by atoms with Gasteiger partial charge in [0.05, 0.1) is 0 Å². The first-order valence-electron chi connectivity index (χ1n) is 3.62. The molecule has 0 fully saturated rings. The zero-order chi connectivity index (χ0) is 10.6. The Morgan fingerprint density at radius 3 is 2.86 bits per heavy atom. The maximum atomic E-state index is 10.9. The Bertz CT molecular complexity index is 366. The third-order valence-corrected chi connectivity index (χ3v) is 1.52. The summed E-state index contributed by atoms with van der Waals surface area (Å²) in [6, 6.07) is 3.05. The van der Waals surface area contributed by atoms with Crippen molar-refractivity contribution in [1.29, 1.82) is 0 Å². The van der Waals surface area contributed by atoms with Crippen molar-refractivity contribution in [2.24, 2.45) is 0 Å². The Morgan fingerprint density at radius 1 is 1.57 bits per heavy atom. The molecule has 5 nitrogen and oxygen atoms in total. The van der Waals surface area contributed by atoms with E-state index in [2.05, 4.69) is 9.72 Å². The number of rotatable bonds is 3. The van der Waals surface area contributed by atoms with E-state index >= 15 is 0 Å². The number of hydrogen-bond donors (Lipinski definition) is 1. The highest BCUT2D eigenvalue weighted by atomic mass is 35.5. The van der Waals surface area contributed by atoms with Crippen LogP contribution in [0.1, 0.15) is 6.42 Å². The number of carbonyl (C=O) groups excluding carboxylic acids is 1. The molecule has 6 heteroatoms. The summed E-state index contributed by atoms with van der Waals surface area (Å²) in [5.41, 5.74) is 0. The molecule has 0 aromatic carbocycles. The number of carbonyl (C=O) groups is 2. The minimum absolute atomic E-state index is 0.0829. The van der Waals surface area contributed by atoms with Crippen molar-refractivity contribution in [3.63, 3.8) is 0 Å². The number of carboxylic acid groups (broad SMARTS) is 1. The number of pyridine rings is 1. The van der Waals surface area contributed by atoms with E-state index < -0.39 is 18.4 Å². The van der Waals surface area contributed by atoms with Gasteiger partial charge in [-0.3, -0.25) is 9.59 Å². The normalized spacial score (nSPS) is 9.50.